The molecule has 0 aliphatic heterocycles. The molecule has 1 aromatic carbocycles. The zero-order valence-electron chi connectivity index (χ0n) is 11.2. The number of rotatable bonds is 5. The first-order valence-electron chi connectivity index (χ1n) is 6.32. The van der Waals surface area contributed by atoms with Gasteiger partial charge in [-0.05, 0) is 30.5 Å². The molecular weight excluding hydrogens is 248 g/mol. The Labute approximate surface area is 112 Å². The summed E-state index contributed by atoms with van der Waals surface area (Å²) in [4.78, 5) is 31.1. The van der Waals surface area contributed by atoms with Gasteiger partial charge in [0.1, 0.15) is 0 Å². The molecule has 0 atom stereocenters. The van der Waals surface area contributed by atoms with E-state index in [0.717, 1.165) is 18.4 Å². The minimum absolute atomic E-state index is 0.224. The number of hydrogen-bond acceptors (Lipinski definition) is 5. The van der Waals surface area contributed by atoms with Crippen molar-refractivity contribution in [3.63, 3.8) is 0 Å². The van der Waals surface area contributed by atoms with Crippen LogP contribution in [0.3, 0.4) is 0 Å². The maximum absolute atomic E-state index is 11.5. The van der Waals surface area contributed by atoms with Crippen molar-refractivity contribution in [1.82, 2.24) is 0 Å². The van der Waals surface area contributed by atoms with Crippen LogP contribution in [0.5, 0.6) is 0 Å². The third-order valence-electron chi connectivity index (χ3n) is 2.34. The Morgan fingerprint density at radius 3 is 2.26 bits per heavy atom. The Bertz CT molecular complexity index is 410. The van der Waals surface area contributed by atoms with Gasteiger partial charge in [0.2, 0.25) is 0 Å². The van der Waals surface area contributed by atoms with Gasteiger partial charge in [-0.1, -0.05) is 32.4 Å². The lowest BCUT2D eigenvalue weighted by atomic mass is 10.1. The molecular formula is C14H18O5. The first-order valence-corrected chi connectivity index (χ1v) is 6.32. The molecule has 19 heavy (non-hydrogen) atoms. The summed E-state index contributed by atoms with van der Waals surface area (Å²) in [6, 6.07) is 6.95. The van der Waals surface area contributed by atoms with E-state index in [9.17, 15) is 9.59 Å². The predicted octanol–water partition coefficient (Wildman–Crippen LogP) is 3.27. The van der Waals surface area contributed by atoms with Crippen molar-refractivity contribution in [2.45, 2.75) is 33.1 Å². The highest BCUT2D eigenvalue weighted by Crippen LogP contribution is 2.08. The second kappa shape index (κ2) is 8.13. The summed E-state index contributed by atoms with van der Waals surface area (Å²) in [5, 5.41) is 0. The molecule has 0 radical (unpaired) electrons. The smallest absolute Gasteiger partial charge is 0.432 e. The summed E-state index contributed by atoms with van der Waals surface area (Å²) in [6.07, 6.45) is 1.64. The zero-order chi connectivity index (χ0) is 14.1. The molecule has 5 heteroatoms. The molecule has 0 N–H and O–H groups in total. The molecule has 0 spiro atoms. The normalized spacial score (nSPS) is 9.79. The number of hydrogen-bond donors (Lipinski definition) is 0. The van der Waals surface area contributed by atoms with Crippen LogP contribution in [-0.2, 0) is 20.9 Å². The summed E-state index contributed by atoms with van der Waals surface area (Å²) >= 11 is 0. The highest BCUT2D eigenvalue weighted by atomic mass is 17.2. The van der Waals surface area contributed by atoms with Gasteiger partial charge >= 0.3 is 12.1 Å². The average molecular weight is 266 g/mol. The Balaban J connectivity index is 2.42. The van der Waals surface area contributed by atoms with Gasteiger partial charge in [0.05, 0.1) is 12.2 Å². The number of carbonyl (C=O) groups excluding carboxylic acids is 2. The summed E-state index contributed by atoms with van der Waals surface area (Å²) < 4.78 is 4.59. The molecule has 0 amide bonds. The quantitative estimate of drug-likeness (QED) is 0.465. The van der Waals surface area contributed by atoms with Crippen molar-refractivity contribution in [3.05, 3.63) is 35.4 Å². The van der Waals surface area contributed by atoms with E-state index in [2.05, 4.69) is 21.4 Å². The largest absolute Gasteiger partial charge is 0.549 e. The third kappa shape index (κ3) is 5.42. The highest BCUT2D eigenvalue weighted by molar-refractivity contribution is 5.89. The molecule has 0 aliphatic carbocycles. The fraction of sp³-hybridized carbons (Fsp3) is 0.429. The van der Waals surface area contributed by atoms with Gasteiger partial charge in [0, 0.05) is 0 Å². The van der Waals surface area contributed by atoms with Gasteiger partial charge in [-0.15, -0.1) is 0 Å². The standard InChI is InChI=1S/C14H18O5/c1-3-5-11-6-8-12(9-7-11)13(15)18-19-14(16)17-10-4-2/h6-9H,3-5,10H2,1-2H3. The molecule has 5 nitrogen and oxygen atoms in total. The van der Waals surface area contributed by atoms with Crippen molar-refractivity contribution in [2.75, 3.05) is 6.61 Å². The summed E-state index contributed by atoms with van der Waals surface area (Å²) in [5.74, 6) is -0.725. The summed E-state index contributed by atoms with van der Waals surface area (Å²) in [5.41, 5.74) is 1.46. The van der Waals surface area contributed by atoms with Crippen molar-refractivity contribution >= 4 is 12.1 Å². The minimum Gasteiger partial charge on any atom is -0.432 e. The summed E-state index contributed by atoms with van der Waals surface area (Å²) in [6.45, 7) is 4.15. The van der Waals surface area contributed by atoms with Crippen LogP contribution in [0.15, 0.2) is 24.3 Å². The van der Waals surface area contributed by atoms with Gasteiger partial charge in [-0.25, -0.2) is 14.6 Å². The van der Waals surface area contributed by atoms with E-state index in [1.165, 1.54) is 0 Å². The fourth-order valence-corrected chi connectivity index (χ4v) is 1.43. The van der Waals surface area contributed by atoms with Crippen LogP contribution in [0.2, 0.25) is 0 Å². The van der Waals surface area contributed by atoms with Crippen LogP contribution >= 0.6 is 0 Å². The van der Waals surface area contributed by atoms with E-state index in [1.807, 2.05) is 19.1 Å². The lowest BCUT2D eigenvalue weighted by Gasteiger charge is -2.04. The molecule has 0 heterocycles. The van der Waals surface area contributed by atoms with E-state index < -0.39 is 12.1 Å². The van der Waals surface area contributed by atoms with Crippen LogP contribution in [-0.4, -0.2) is 18.7 Å². The minimum atomic E-state index is -1.02. The topological polar surface area (TPSA) is 61.8 Å². The molecule has 0 aliphatic rings. The second-order valence-corrected chi connectivity index (χ2v) is 4.00. The van der Waals surface area contributed by atoms with Crippen LogP contribution in [0.25, 0.3) is 0 Å². The van der Waals surface area contributed by atoms with Crippen LogP contribution in [0, 0.1) is 0 Å². The van der Waals surface area contributed by atoms with Crippen LogP contribution < -0.4 is 0 Å². The predicted molar refractivity (Wildman–Crippen MR) is 68.6 cm³/mol. The SMILES string of the molecule is CCCOC(=O)OOC(=O)c1ccc(CCC)cc1. The van der Waals surface area contributed by atoms with E-state index in [1.54, 1.807) is 12.1 Å². The van der Waals surface area contributed by atoms with Crippen LogP contribution in [0.1, 0.15) is 42.6 Å². The molecule has 0 fully saturated rings. The Kier molecular flexibility index (Phi) is 6.43. The van der Waals surface area contributed by atoms with Crippen LogP contribution in [0.4, 0.5) is 4.79 Å². The lowest BCUT2D eigenvalue weighted by molar-refractivity contribution is -0.203. The van der Waals surface area contributed by atoms with Crippen molar-refractivity contribution in [3.8, 4) is 0 Å². The Morgan fingerprint density at radius 1 is 1.00 bits per heavy atom. The van der Waals surface area contributed by atoms with Gasteiger partial charge in [-0.3, -0.25) is 0 Å². The average Bonchev–Trinajstić information content (AvgIpc) is 2.43. The van der Waals surface area contributed by atoms with Gasteiger partial charge < -0.3 is 4.74 Å². The Hall–Kier alpha value is -2.04. The number of benzene rings is 1. The highest BCUT2D eigenvalue weighted by Gasteiger charge is 2.12. The van der Waals surface area contributed by atoms with E-state index in [4.69, 9.17) is 0 Å². The van der Waals surface area contributed by atoms with Crippen molar-refractivity contribution in [1.29, 1.82) is 0 Å². The maximum Gasteiger partial charge on any atom is 0.549 e. The monoisotopic (exact) mass is 266 g/mol. The zero-order valence-corrected chi connectivity index (χ0v) is 11.2. The molecule has 0 bridgehead atoms. The number of aryl methyl sites for hydroxylation is 1. The molecule has 0 aromatic heterocycles. The first kappa shape index (κ1) is 15.0. The van der Waals surface area contributed by atoms with Crippen molar-refractivity contribution < 1.29 is 24.1 Å². The maximum atomic E-state index is 11.5. The fourth-order valence-electron chi connectivity index (χ4n) is 1.43. The van der Waals surface area contributed by atoms with Crippen molar-refractivity contribution in [2.24, 2.45) is 0 Å². The first-order chi connectivity index (χ1) is 9.17. The summed E-state index contributed by atoms with van der Waals surface area (Å²) in [7, 11) is 0. The molecule has 1 rings (SSSR count). The van der Waals surface area contributed by atoms with E-state index >= 15 is 0 Å². The lowest BCUT2D eigenvalue weighted by Crippen LogP contribution is -2.13. The third-order valence-corrected chi connectivity index (χ3v) is 2.34. The number of ether oxygens (including phenoxy) is 1. The molecule has 1 aromatic rings. The van der Waals surface area contributed by atoms with E-state index in [0.29, 0.717) is 12.0 Å². The molecule has 0 saturated carbocycles. The van der Waals surface area contributed by atoms with E-state index in [-0.39, 0.29) is 6.61 Å². The molecule has 0 saturated heterocycles. The number of carbonyl (C=O) groups is 2. The molecule has 104 valence electrons. The van der Waals surface area contributed by atoms with Gasteiger partial charge in [0.25, 0.3) is 0 Å². The Morgan fingerprint density at radius 2 is 1.68 bits per heavy atom. The second-order valence-electron chi connectivity index (χ2n) is 4.00. The van der Waals surface area contributed by atoms with Gasteiger partial charge in [0.15, 0.2) is 0 Å². The molecule has 0 unspecified atom stereocenters. The van der Waals surface area contributed by atoms with Gasteiger partial charge in [-0.2, -0.15) is 4.79 Å².